The van der Waals surface area contributed by atoms with Gasteiger partial charge in [0.25, 0.3) is 0 Å². The van der Waals surface area contributed by atoms with Crippen LogP contribution in [0.2, 0.25) is 0 Å². The lowest BCUT2D eigenvalue weighted by Gasteiger charge is -1.96. The number of carbonyl (C=O) groups excluding carboxylic acids is 1. The van der Waals surface area contributed by atoms with E-state index in [4.69, 9.17) is 4.74 Å². The fourth-order valence-corrected chi connectivity index (χ4v) is 1.88. The van der Waals surface area contributed by atoms with Crippen LogP contribution in [0.3, 0.4) is 0 Å². The van der Waals surface area contributed by atoms with Crippen LogP contribution in [0.25, 0.3) is 10.9 Å². The molecule has 2 aromatic rings. The molecule has 0 amide bonds. The highest BCUT2D eigenvalue weighted by Crippen LogP contribution is 2.17. The summed E-state index contributed by atoms with van der Waals surface area (Å²) < 4.78 is 4.97. The first-order valence-corrected chi connectivity index (χ1v) is 6.68. The molecule has 2 N–H and O–H groups in total. The van der Waals surface area contributed by atoms with E-state index in [-0.39, 0.29) is 5.97 Å². The van der Waals surface area contributed by atoms with Crippen molar-refractivity contribution >= 4 is 16.9 Å². The number of esters is 1. The number of aromatic amines is 1. The van der Waals surface area contributed by atoms with Crippen LogP contribution >= 0.6 is 0 Å². The van der Waals surface area contributed by atoms with Crippen LogP contribution in [0, 0.1) is 11.8 Å². The highest BCUT2D eigenvalue weighted by molar-refractivity contribution is 5.95. The zero-order chi connectivity index (χ0) is 14.4. The summed E-state index contributed by atoms with van der Waals surface area (Å²) >= 11 is 0. The molecule has 1 heterocycles. The maximum Gasteiger partial charge on any atom is 0.354 e. The van der Waals surface area contributed by atoms with Gasteiger partial charge >= 0.3 is 5.97 Å². The molecule has 0 radical (unpaired) electrons. The van der Waals surface area contributed by atoms with Gasteiger partial charge in [-0.25, -0.2) is 4.79 Å². The Bertz CT molecular complexity index is 662. The van der Waals surface area contributed by atoms with Crippen molar-refractivity contribution in [2.24, 2.45) is 0 Å². The number of fused-ring (bicyclic) bond motifs is 1. The Kier molecular flexibility index (Phi) is 4.80. The maximum absolute atomic E-state index is 11.7. The van der Waals surface area contributed by atoms with Gasteiger partial charge in [-0.05, 0) is 32.2 Å². The zero-order valence-electron chi connectivity index (χ0n) is 11.7. The van der Waals surface area contributed by atoms with E-state index >= 15 is 0 Å². The summed E-state index contributed by atoms with van der Waals surface area (Å²) in [6.45, 7) is 3.04. The molecule has 1 aromatic carbocycles. The van der Waals surface area contributed by atoms with Gasteiger partial charge in [0.2, 0.25) is 0 Å². The van der Waals surface area contributed by atoms with E-state index in [1.807, 2.05) is 25.2 Å². The molecule has 20 heavy (non-hydrogen) atoms. The lowest BCUT2D eigenvalue weighted by Crippen LogP contribution is -2.05. The van der Waals surface area contributed by atoms with Gasteiger partial charge < -0.3 is 15.0 Å². The molecule has 2 rings (SSSR count). The molecular weight excluding hydrogens is 252 g/mol. The molecule has 0 unspecified atom stereocenters. The van der Waals surface area contributed by atoms with Gasteiger partial charge in [-0.15, -0.1) is 0 Å². The summed E-state index contributed by atoms with van der Waals surface area (Å²) in [7, 11) is 1.91. The third kappa shape index (κ3) is 3.40. The number of H-pyrrole nitrogens is 1. The Morgan fingerprint density at radius 3 is 3.00 bits per heavy atom. The average molecular weight is 270 g/mol. The van der Waals surface area contributed by atoms with E-state index in [2.05, 4.69) is 22.1 Å². The molecule has 0 spiro atoms. The van der Waals surface area contributed by atoms with Crippen LogP contribution in [0.15, 0.2) is 24.3 Å². The Hall–Kier alpha value is -2.25. The molecule has 0 bridgehead atoms. The fourth-order valence-electron chi connectivity index (χ4n) is 1.88. The number of aromatic nitrogens is 1. The van der Waals surface area contributed by atoms with E-state index in [1.165, 1.54) is 0 Å². The van der Waals surface area contributed by atoms with Gasteiger partial charge in [-0.3, -0.25) is 0 Å². The topological polar surface area (TPSA) is 54.1 Å². The largest absolute Gasteiger partial charge is 0.461 e. The van der Waals surface area contributed by atoms with Crippen molar-refractivity contribution in [1.29, 1.82) is 0 Å². The Morgan fingerprint density at radius 2 is 2.25 bits per heavy atom. The highest BCUT2D eigenvalue weighted by atomic mass is 16.5. The van der Waals surface area contributed by atoms with E-state index in [0.29, 0.717) is 12.3 Å². The van der Waals surface area contributed by atoms with Crippen molar-refractivity contribution in [2.45, 2.75) is 13.3 Å². The molecule has 0 aliphatic heterocycles. The molecule has 0 fully saturated rings. The van der Waals surface area contributed by atoms with Gasteiger partial charge in [0.1, 0.15) is 5.69 Å². The standard InChI is InChI=1S/C16H18N2O2/c1-3-20-16(19)15-11-13-8-7-12(10-14(13)18-15)6-4-5-9-17-2/h7-8,10-11,17-18H,3,5,9H2,1-2H3. The summed E-state index contributed by atoms with van der Waals surface area (Å²) in [5.74, 6) is 5.88. The number of benzene rings is 1. The van der Waals surface area contributed by atoms with Gasteiger partial charge in [0.05, 0.1) is 6.61 Å². The van der Waals surface area contributed by atoms with E-state index in [9.17, 15) is 4.79 Å². The average Bonchev–Trinajstić information content (AvgIpc) is 2.87. The first kappa shape index (κ1) is 14.2. The second-order valence-corrected chi connectivity index (χ2v) is 4.36. The summed E-state index contributed by atoms with van der Waals surface area (Å²) in [4.78, 5) is 14.7. The summed E-state index contributed by atoms with van der Waals surface area (Å²) in [6, 6.07) is 7.66. The Labute approximate surface area is 118 Å². The Balaban J connectivity index is 2.20. The molecule has 0 atom stereocenters. The predicted octanol–water partition coefficient (Wildman–Crippen LogP) is 2.31. The SMILES string of the molecule is CCOC(=O)c1cc2ccc(C#CCCNC)cc2[nH]1. The van der Waals surface area contributed by atoms with E-state index in [1.54, 1.807) is 13.0 Å². The van der Waals surface area contributed by atoms with Gasteiger partial charge in [0.15, 0.2) is 0 Å². The Morgan fingerprint density at radius 1 is 1.40 bits per heavy atom. The second kappa shape index (κ2) is 6.78. The van der Waals surface area contributed by atoms with Gasteiger partial charge in [-0.2, -0.15) is 0 Å². The minimum absolute atomic E-state index is 0.328. The van der Waals surface area contributed by atoms with Crippen LogP contribution < -0.4 is 5.32 Å². The minimum atomic E-state index is -0.328. The van der Waals surface area contributed by atoms with E-state index < -0.39 is 0 Å². The van der Waals surface area contributed by atoms with Crippen LogP contribution in [0.4, 0.5) is 0 Å². The van der Waals surface area contributed by atoms with Crippen molar-refractivity contribution in [2.75, 3.05) is 20.2 Å². The molecule has 0 aliphatic rings. The number of nitrogens with one attached hydrogen (secondary N) is 2. The van der Waals surface area contributed by atoms with Crippen LogP contribution in [0.5, 0.6) is 0 Å². The first-order chi connectivity index (χ1) is 9.74. The highest BCUT2D eigenvalue weighted by Gasteiger charge is 2.09. The molecule has 1 aromatic heterocycles. The van der Waals surface area contributed by atoms with E-state index in [0.717, 1.165) is 29.4 Å². The third-order valence-corrected chi connectivity index (χ3v) is 2.85. The zero-order valence-corrected chi connectivity index (χ0v) is 11.7. The second-order valence-electron chi connectivity index (χ2n) is 4.36. The summed E-state index contributed by atoms with van der Waals surface area (Å²) in [6.07, 6.45) is 0.813. The predicted molar refractivity (Wildman–Crippen MR) is 79.7 cm³/mol. The number of hydrogen-bond donors (Lipinski definition) is 2. The summed E-state index contributed by atoms with van der Waals surface area (Å²) in [5, 5.41) is 4.03. The molecule has 4 nitrogen and oxygen atoms in total. The van der Waals surface area contributed by atoms with Gasteiger partial charge in [-0.1, -0.05) is 17.9 Å². The number of hydrogen-bond acceptors (Lipinski definition) is 3. The van der Waals surface area contributed by atoms with Crippen molar-refractivity contribution in [3.8, 4) is 11.8 Å². The van der Waals surface area contributed by atoms with Gasteiger partial charge in [0, 0.05) is 29.4 Å². The maximum atomic E-state index is 11.7. The number of rotatable bonds is 4. The van der Waals surface area contributed by atoms with Crippen molar-refractivity contribution in [3.63, 3.8) is 0 Å². The van der Waals surface area contributed by atoms with Crippen LogP contribution in [-0.4, -0.2) is 31.2 Å². The van der Waals surface area contributed by atoms with Crippen molar-refractivity contribution in [1.82, 2.24) is 10.3 Å². The van der Waals surface area contributed by atoms with Crippen molar-refractivity contribution < 1.29 is 9.53 Å². The monoisotopic (exact) mass is 270 g/mol. The third-order valence-electron chi connectivity index (χ3n) is 2.85. The van der Waals surface area contributed by atoms with Crippen LogP contribution in [-0.2, 0) is 4.74 Å². The van der Waals surface area contributed by atoms with Crippen molar-refractivity contribution in [3.05, 3.63) is 35.5 Å². The lowest BCUT2D eigenvalue weighted by atomic mass is 10.1. The number of ether oxygens (including phenoxy) is 1. The molecule has 0 aliphatic carbocycles. The molecular formula is C16H18N2O2. The quantitative estimate of drug-likeness (QED) is 0.509. The molecule has 0 saturated carbocycles. The smallest absolute Gasteiger partial charge is 0.354 e. The molecule has 4 heteroatoms. The first-order valence-electron chi connectivity index (χ1n) is 6.68. The molecule has 0 saturated heterocycles. The molecule has 104 valence electrons. The summed E-state index contributed by atoms with van der Waals surface area (Å²) in [5.41, 5.74) is 2.31. The normalized spacial score (nSPS) is 10.1. The minimum Gasteiger partial charge on any atom is -0.461 e. The van der Waals surface area contributed by atoms with Crippen LogP contribution in [0.1, 0.15) is 29.4 Å². The fraction of sp³-hybridized carbons (Fsp3) is 0.312. The lowest BCUT2D eigenvalue weighted by molar-refractivity contribution is 0.0520. The number of carbonyl (C=O) groups is 1.